The molecular formula is C10H22N2O. The Morgan fingerprint density at radius 1 is 1.54 bits per heavy atom. The zero-order chi connectivity index (χ0) is 9.68. The van der Waals surface area contributed by atoms with Crippen molar-refractivity contribution in [2.75, 3.05) is 33.4 Å². The van der Waals surface area contributed by atoms with Crippen LogP contribution in [0.1, 0.15) is 19.8 Å². The van der Waals surface area contributed by atoms with E-state index < -0.39 is 0 Å². The summed E-state index contributed by atoms with van der Waals surface area (Å²) in [4.78, 5) is 2.22. The standard InChI is InChI=1S/C10H22N2O/c1-9(11)7-12(2)5-6-13-8-10-3-4-10/h9-10H,3-8,11H2,1-2H3/t9-/m1/s1. The van der Waals surface area contributed by atoms with Gasteiger partial charge >= 0.3 is 0 Å². The second-order valence-corrected chi connectivity index (χ2v) is 4.26. The van der Waals surface area contributed by atoms with Gasteiger partial charge in [-0.1, -0.05) is 0 Å². The van der Waals surface area contributed by atoms with Crippen molar-refractivity contribution in [3.63, 3.8) is 0 Å². The molecule has 0 aromatic carbocycles. The van der Waals surface area contributed by atoms with Crippen molar-refractivity contribution >= 4 is 0 Å². The lowest BCUT2D eigenvalue weighted by atomic mass is 10.3. The summed E-state index contributed by atoms with van der Waals surface area (Å²) in [6.07, 6.45) is 2.74. The van der Waals surface area contributed by atoms with Crippen LogP contribution < -0.4 is 5.73 Å². The second kappa shape index (κ2) is 5.58. The topological polar surface area (TPSA) is 38.5 Å². The van der Waals surface area contributed by atoms with Crippen LogP contribution in [-0.4, -0.2) is 44.3 Å². The molecule has 0 radical (unpaired) electrons. The Bertz CT molecular complexity index is 135. The molecule has 0 aliphatic heterocycles. The van der Waals surface area contributed by atoms with E-state index in [4.69, 9.17) is 10.5 Å². The molecule has 0 amide bonds. The maximum absolute atomic E-state index is 5.67. The van der Waals surface area contributed by atoms with Crippen LogP contribution in [0.4, 0.5) is 0 Å². The fourth-order valence-electron chi connectivity index (χ4n) is 1.34. The molecule has 1 aliphatic rings. The van der Waals surface area contributed by atoms with Crippen molar-refractivity contribution in [1.82, 2.24) is 4.90 Å². The Balaban J connectivity index is 1.85. The molecule has 1 atom stereocenters. The van der Waals surface area contributed by atoms with Crippen LogP contribution >= 0.6 is 0 Å². The van der Waals surface area contributed by atoms with Crippen molar-refractivity contribution in [3.05, 3.63) is 0 Å². The Kier molecular flexibility index (Phi) is 4.70. The molecule has 0 unspecified atom stereocenters. The zero-order valence-electron chi connectivity index (χ0n) is 8.83. The fraction of sp³-hybridized carbons (Fsp3) is 1.00. The monoisotopic (exact) mass is 186 g/mol. The van der Waals surface area contributed by atoms with E-state index in [-0.39, 0.29) is 6.04 Å². The summed E-state index contributed by atoms with van der Waals surface area (Å²) < 4.78 is 5.53. The van der Waals surface area contributed by atoms with E-state index >= 15 is 0 Å². The van der Waals surface area contributed by atoms with Crippen LogP contribution in [0, 0.1) is 5.92 Å². The summed E-state index contributed by atoms with van der Waals surface area (Å²) >= 11 is 0. The first kappa shape index (κ1) is 11.0. The Labute approximate surface area is 81.2 Å². The summed E-state index contributed by atoms with van der Waals surface area (Å²) in [5.41, 5.74) is 5.67. The molecule has 0 heterocycles. The van der Waals surface area contributed by atoms with Crippen LogP contribution in [0.2, 0.25) is 0 Å². The molecule has 0 aromatic rings. The highest BCUT2D eigenvalue weighted by Crippen LogP contribution is 2.28. The predicted molar refractivity (Wildman–Crippen MR) is 54.7 cm³/mol. The lowest BCUT2D eigenvalue weighted by Crippen LogP contribution is -2.34. The van der Waals surface area contributed by atoms with Gasteiger partial charge in [-0.3, -0.25) is 0 Å². The van der Waals surface area contributed by atoms with Crippen molar-refractivity contribution in [3.8, 4) is 0 Å². The van der Waals surface area contributed by atoms with E-state index in [1.807, 2.05) is 6.92 Å². The number of nitrogens with two attached hydrogens (primary N) is 1. The van der Waals surface area contributed by atoms with Crippen LogP contribution in [0.5, 0.6) is 0 Å². The molecular weight excluding hydrogens is 164 g/mol. The van der Waals surface area contributed by atoms with E-state index in [0.29, 0.717) is 0 Å². The molecule has 0 spiro atoms. The van der Waals surface area contributed by atoms with Crippen LogP contribution in [0.3, 0.4) is 0 Å². The van der Waals surface area contributed by atoms with Gasteiger partial charge in [0.05, 0.1) is 6.61 Å². The second-order valence-electron chi connectivity index (χ2n) is 4.26. The zero-order valence-corrected chi connectivity index (χ0v) is 8.83. The average Bonchev–Trinajstić information content (AvgIpc) is 2.80. The quantitative estimate of drug-likeness (QED) is 0.595. The Hall–Kier alpha value is -0.120. The average molecular weight is 186 g/mol. The van der Waals surface area contributed by atoms with Gasteiger partial charge in [-0.15, -0.1) is 0 Å². The molecule has 1 fully saturated rings. The van der Waals surface area contributed by atoms with Gasteiger partial charge in [0, 0.05) is 25.7 Å². The number of ether oxygens (including phenoxy) is 1. The van der Waals surface area contributed by atoms with Crippen LogP contribution in [-0.2, 0) is 4.74 Å². The summed E-state index contributed by atoms with van der Waals surface area (Å²) in [5.74, 6) is 0.874. The first-order valence-corrected chi connectivity index (χ1v) is 5.20. The first-order chi connectivity index (χ1) is 6.18. The number of likely N-dealkylation sites (N-methyl/N-ethyl adjacent to an activating group) is 1. The van der Waals surface area contributed by atoms with Gasteiger partial charge in [-0.05, 0) is 32.7 Å². The molecule has 3 heteroatoms. The van der Waals surface area contributed by atoms with Crippen molar-refractivity contribution in [2.24, 2.45) is 11.7 Å². The van der Waals surface area contributed by atoms with E-state index in [9.17, 15) is 0 Å². The van der Waals surface area contributed by atoms with E-state index in [0.717, 1.165) is 32.2 Å². The maximum atomic E-state index is 5.67. The molecule has 0 aromatic heterocycles. The molecule has 3 nitrogen and oxygen atoms in total. The number of nitrogens with zero attached hydrogens (tertiary/aromatic N) is 1. The highest BCUT2D eigenvalue weighted by molar-refractivity contribution is 4.72. The smallest absolute Gasteiger partial charge is 0.0593 e. The molecule has 2 N–H and O–H groups in total. The third kappa shape index (κ3) is 6.02. The SMILES string of the molecule is C[C@@H](N)CN(C)CCOCC1CC1. The Morgan fingerprint density at radius 3 is 2.77 bits per heavy atom. The third-order valence-electron chi connectivity index (χ3n) is 2.27. The Morgan fingerprint density at radius 2 is 2.23 bits per heavy atom. The molecule has 0 bridgehead atoms. The summed E-state index contributed by atoms with van der Waals surface area (Å²) in [6, 6.07) is 0.258. The lowest BCUT2D eigenvalue weighted by molar-refractivity contribution is 0.102. The third-order valence-corrected chi connectivity index (χ3v) is 2.27. The fourth-order valence-corrected chi connectivity index (χ4v) is 1.34. The molecule has 1 rings (SSSR count). The molecule has 1 aliphatic carbocycles. The van der Waals surface area contributed by atoms with Gasteiger partial charge < -0.3 is 15.4 Å². The van der Waals surface area contributed by atoms with Gasteiger partial charge in [0.2, 0.25) is 0 Å². The number of rotatable bonds is 7. The van der Waals surface area contributed by atoms with E-state index in [2.05, 4.69) is 11.9 Å². The summed E-state index contributed by atoms with van der Waals surface area (Å²) in [5, 5.41) is 0. The van der Waals surface area contributed by atoms with Crippen LogP contribution in [0.25, 0.3) is 0 Å². The minimum Gasteiger partial charge on any atom is -0.380 e. The maximum Gasteiger partial charge on any atom is 0.0593 e. The van der Waals surface area contributed by atoms with Gasteiger partial charge in [0.15, 0.2) is 0 Å². The van der Waals surface area contributed by atoms with E-state index in [1.165, 1.54) is 12.8 Å². The molecule has 1 saturated carbocycles. The largest absolute Gasteiger partial charge is 0.380 e. The predicted octanol–water partition coefficient (Wildman–Crippen LogP) is 0.692. The number of hydrogen-bond acceptors (Lipinski definition) is 3. The van der Waals surface area contributed by atoms with Crippen molar-refractivity contribution in [2.45, 2.75) is 25.8 Å². The van der Waals surface area contributed by atoms with Gasteiger partial charge in [0.1, 0.15) is 0 Å². The number of hydrogen-bond donors (Lipinski definition) is 1. The minimum atomic E-state index is 0.258. The highest BCUT2D eigenvalue weighted by atomic mass is 16.5. The van der Waals surface area contributed by atoms with Gasteiger partial charge in [0.25, 0.3) is 0 Å². The lowest BCUT2D eigenvalue weighted by Gasteiger charge is -2.18. The molecule has 0 saturated heterocycles. The van der Waals surface area contributed by atoms with Crippen molar-refractivity contribution < 1.29 is 4.74 Å². The first-order valence-electron chi connectivity index (χ1n) is 5.20. The summed E-state index contributed by atoms with van der Waals surface area (Å²) in [7, 11) is 2.09. The minimum absolute atomic E-state index is 0.258. The van der Waals surface area contributed by atoms with Gasteiger partial charge in [-0.2, -0.15) is 0 Å². The van der Waals surface area contributed by atoms with Crippen LogP contribution in [0.15, 0.2) is 0 Å². The highest BCUT2D eigenvalue weighted by Gasteiger charge is 2.20. The van der Waals surface area contributed by atoms with E-state index in [1.54, 1.807) is 0 Å². The van der Waals surface area contributed by atoms with Gasteiger partial charge in [-0.25, -0.2) is 0 Å². The van der Waals surface area contributed by atoms with Crippen molar-refractivity contribution in [1.29, 1.82) is 0 Å². The normalized spacial score (nSPS) is 19.4. The molecule has 78 valence electrons. The molecule has 13 heavy (non-hydrogen) atoms. The summed E-state index contributed by atoms with van der Waals surface area (Å²) in [6.45, 7) is 5.79.